The predicted octanol–water partition coefficient (Wildman–Crippen LogP) is 3.97. The first-order valence-corrected chi connectivity index (χ1v) is 19.0. The van der Waals surface area contributed by atoms with Crippen LogP contribution in [0, 0.1) is 11.3 Å². The number of unbranched alkanes of at least 4 members (excludes halogenated alkanes) is 3. The van der Waals surface area contributed by atoms with Gasteiger partial charge in [-0.15, -0.1) is 6.58 Å². The van der Waals surface area contributed by atoms with Crippen molar-refractivity contribution in [3.05, 3.63) is 49.2 Å². The monoisotopic (exact) mass is 711 g/mol. The Morgan fingerprint density at radius 1 is 1.12 bits per heavy atom. The molecule has 1 aliphatic heterocycles. The van der Waals surface area contributed by atoms with Crippen LogP contribution >= 0.6 is 0 Å². The topological polar surface area (TPSA) is 173 Å². The summed E-state index contributed by atoms with van der Waals surface area (Å²) in [5.74, 6) is -2.17. The van der Waals surface area contributed by atoms with Gasteiger partial charge in [-0.2, -0.15) is 0 Å². The number of likely N-dealkylation sites (tertiary alicyclic amines) is 1. The molecule has 14 heteroatoms. The molecule has 1 saturated heterocycles. The van der Waals surface area contributed by atoms with Crippen molar-refractivity contribution in [3.8, 4) is 5.88 Å². The van der Waals surface area contributed by atoms with E-state index in [4.69, 9.17) is 9.47 Å². The van der Waals surface area contributed by atoms with Crippen molar-refractivity contribution in [3.63, 3.8) is 0 Å². The summed E-state index contributed by atoms with van der Waals surface area (Å²) in [6.45, 7) is 11.5. The Hall–Kier alpha value is -4.20. The highest BCUT2D eigenvalue weighted by molar-refractivity contribution is 7.91. The minimum Gasteiger partial charge on any atom is -0.472 e. The van der Waals surface area contributed by atoms with Crippen LogP contribution in [0.25, 0.3) is 10.8 Å². The number of hydrogen-bond donors (Lipinski definition) is 3. The molecular weight excluding hydrogens is 662 g/mol. The van der Waals surface area contributed by atoms with Crippen LogP contribution in [0.15, 0.2) is 49.2 Å². The molecule has 0 spiro atoms. The number of rotatable bonds is 15. The maximum atomic E-state index is 14.4. The van der Waals surface area contributed by atoms with Crippen molar-refractivity contribution >= 4 is 44.6 Å². The molecule has 2 saturated carbocycles. The molecule has 0 bridgehead atoms. The molecule has 3 fully saturated rings. The summed E-state index contributed by atoms with van der Waals surface area (Å²) >= 11 is 0. The van der Waals surface area contributed by atoms with Gasteiger partial charge in [0.05, 0.1) is 18.4 Å². The number of benzene rings is 1. The smallest absolute Gasteiger partial charge is 0.407 e. The molecule has 13 nitrogen and oxygen atoms in total. The number of hydrogen-bond acceptors (Lipinski definition) is 9. The van der Waals surface area contributed by atoms with E-state index in [-0.39, 0.29) is 26.0 Å². The molecule has 5 rings (SSSR count). The highest BCUT2D eigenvalue weighted by Crippen LogP contribution is 2.45. The molecule has 50 heavy (non-hydrogen) atoms. The summed E-state index contributed by atoms with van der Waals surface area (Å²) in [6, 6.07) is 7.22. The van der Waals surface area contributed by atoms with E-state index in [0.717, 1.165) is 30.0 Å². The molecule has 2 aliphatic carbocycles. The van der Waals surface area contributed by atoms with Crippen LogP contribution in [0.5, 0.6) is 5.88 Å². The minimum atomic E-state index is -3.88. The second-order valence-electron chi connectivity index (χ2n) is 14.6. The van der Waals surface area contributed by atoms with Crippen LogP contribution in [-0.4, -0.2) is 84.2 Å². The fourth-order valence-corrected chi connectivity index (χ4v) is 7.77. The molecule has 5 atom stereocenters. The number of ether oxygens (including phenoxy) is 2. The third kappa shape index (κ3) is 8.39. The quantitative estimate of drug-likeness (QED) is 0.183. The average molecular weight is 712 g/mol. The molecule has 1 unspecified atom stereocenters. The van der Waals surface area contributed by atoms with Gasteiger partial charge in [-0.3, -0.25) is 19.1 Å². The first-order valence-electron chi connectivity index (χ1n) is 17.4. The first-order chi connectivity index (χ1) is 23.7. The fourth-order valence-electron chi connectivity index (χ4n) is 6.41. The zero-order valence-corrected chi connectivity index (χ0v) is 30.1. The van der Waals surface area contributed by atoms with Crippen molar-refractivity contribution in [1.29, 1.82) is 0 Å². The fraction of sp³-hybridized carbons (Fsp3) is 0.583. The lowest BCUT2D eigenvalue weighted by Gasteiger charge is -2.35. The van der Waals surface area contributed by atoms with Crippen LogP contribution in [0.1, 0.15) is 79.1 Å². The maximum Gasteiger partial charge on any atom is 0.407 e. The molecular formula is C36H49N5O8S. The van der Waals surface area contributed by atoms with Crippen LogP contribution in [-0.2, 0) is 29.1 Å². The molecule has 1 aromatic carbocycles. The average Bonchev–Trinajstić information content (AvgIpc) is 4.00. The Bertz CT molecular complexity index is 1720. The normalized spacial score (nSPS) is 23.8. The lowest BCUT2D eigenvalue weighted by molar-refractivity contribution is -0.142. The van der Waals surface area contributed by atoms with Crippen LogP contribution in [0.3, 0.4) is 0 Å². The van der Waals surface area contributed by atoms with Crippen molar-refractivity contribution in [2.75, 3.05) is 13.2 Å². The number of amides is 4. The van der Waals surface area contributed by atoms with E-state index in [1.54, 1.807) is 27.0 Å². The van der Waals surface area contributed by atoms with Crippen molar-refractivity contribution in [1.82, 2.24) is 25.2 Å². The third-order valence-corrected chi connectivity index (χ3v) is 11.4. The van der Waals surface area contributed by atoms with E-state index in [2.05, 4.69) is 33.8 Å². The van der Waals surface area contributed by atoms with Gasteiger partial charge >= 0.3 is 6.09 Å². The molecule has 272 valence electrons. The highest BCUT2D eigenvalue weighted by atomic mass is 32.2. The summed E-state index contributed by atoms with van der Waals surface area (Å²) < 4.78 is 39.2. The lowest BCUT2D eigenvalue weighted by atomic mass is 9.85. The summed E-state index contributed by atoms with van der Waals surface area (Å²) in [5.41, 5.74) is -2.31. The molecule has 3 aliphatic rings. The SMILES string of the molecule is C=C[C@@H]1C[C@]1(NC(=O)[C@@H]1C[C@@H](Oc2nccc3ccccc23)CN1C(=O)C(NC(=O)OCCCCCC)C(C)(C)C)C(=O)NS(=O)(=O)C1CC1. The first kappa shape index (κ1) is 37.1. The van der Waals surface area contributed by atoms with Gasteiger partial charge in [-0.05, 0) is 48.6 Å². The van der Waals surface area contributed by atoms with E-state index in [0.29, 0.717) is 25.1 Å². The van der Waals surface area contributed by atoms with Gasteiger partial charge in [0.15, 0.2) is 0 Å². The Kier molecular flexibility index (Phi) is 11.1. The maximum absolute atomic E-state index is 14.4. The minimum absolute atomic E-state index is 0.0116. The van der Waals surface area contributed by atoms with Crippen LogP contribution in [0.2, 0.25) is 0 Å². The largest absolute Gasteiger partial charge is 0.472 e. The number of pyridine rings is 1. The van der Waals surface area contributed by atoms with E-state index in [1.165, 1.54) is 11.0 Å². The lowest BCUT2D eigenvalue weighted by Crippen LogP contribution is -2.60. The molecule has 2 aromatic rings. The number of sulfonamides is 1. The van der Waals surface area contributed by atoms with Gasteiger partial charge in [-0.1, -0.05) is 71.2 Å². The van der Waals surface area contributed by atoms with Crippen LogP contribution < -0.4 is 20.1 Å². The number of carbonyl (C=O) groups excluding carboxylic acids is 4. The second-order valence-corrected chi connectivity index (χ2v) is 16.6. The highest BCUT2D eigenvalue weighted by Gasteiger charge is 2.62. The zero-order valence-electron chi connectivity index (χ0n) is 29.3. The second kappa shape index (κ2) is 15.0. The molecule has 3 N–H and O–H groups in total. The van der Waals surface area contributed by atoms with Gasteiger partial charge in [0.25, 0.3) is 5.91 Å². The Balaban J connectivity index is 1.39. The summed E-state index contributed by atoms with van der Waals surface area (Å²) in [6.07, 6.45) is 6.55. The number of aromatic nitrogens is 1. The number of nitrogens with one attached hydrogen (secondary N) is 3. The molecule has 2 heterocycles. The van der Waals surface area contributed by atoms with E-state index in [1.807, 2.05) is 30.3 Å². The summed E-state index contributed by atoms with van der Waals surface area (Å²) in [4.78, 5) is 60.7. The van der Waals surface area contributed by atoms with Crippen LogP contribution in [0.4, 0.5) is 4.79 Å². The number of nitrogens with zero attached hydrogens (tertiary/aromatic N) is 2. The molecule has 1 aromatic heterocycles. The number of carbonyl (C=O) groups is 4. The standard InChI is InChI=1S/C36H49N5O8S/c1-6-8-9-12-19-48-34(45)38-29(35(3,4)5)32(43)41-22-25(49-31-27-14-11-10-13-23(27)17-18-37-31)20-28(41)30(42)39-36(21-24(36)7-2)33(44)40-50(46,47)26-15-16-26/h7,10-11,13-14,17-18,24-26,28-29H,2,6,8-9,12,15-16,19-22H2,1,3-5H3,(H,38,45)(H,39,42)(H,40,44)/t24-,25-,28+,29?,36-/m1/s1. The summed E-state index contributed by atoms with van der Waals surface area (Å²) in [5, 5.41) is 6.55. The Morgan fingerprint density at radius 2 is 1.86 bits per heavy atom. The third-order valence-electron chi connectivity index (χ3n) is 9.62. The summed E-state index contributed by atoms with van der Waals surface area (Å²) in [7, 11) is -3.88. The van der Waals surface area contributed by atoms with Gasteiger partial charge in [0.2, 0.25) is 27.7 Å². The van der Waals surface area contributed by atoms with Crippen molar-refractivity contribution in [2.45, 2.75) is 108 Å². The zero-order chi connectivity index (χ0) is 36.3. The Morgan fingerprint density at radius 3 is 2.52 bits per heavy atom. The number of alkyl carbamates (subject to hydrolysis) is 1. The van der Waals surface area contributed by atoms with Gasteiger partial charge in [0, 0.05) is 23.9 Å². The molecule has 4 amide bonds. The van der Waals surface area contributed by atoms with Gasteiger partial charge in [0.1, 0.15) is 23.7 Å². The number of fused-ring (bicyclic) bond motifs is 1. The van der Waals surface area contributed by atoms with E-state index in [9.17, 15) is 27.6 Å². The van der Waals surface area contributed by atoms with E-state index < -0.39 is 74.1 Å². The molecule has 0 radical (unpaired) electrons. The predicted molar refractivity (Wildman–Crippen MR) is 187 cm³/mol. The van der Waals surface area contributed by atoms with Gasteiger partial charge in [-0.25, -0.2) is 18.2 Å². The van der Waals surface area contributed by atoms with E-state index >= 15 is 0 Å². The van der Waals surface area contributed by atoms with Crippen molar-refractivity contribution < 1.29 is 37.1 Å². The van der Waals surface area contributed by atoms with Gasteiger partial charge < -0.3 is 25.0 Å². The Labute approximate surface area is 294 Å². The van der Waals surface area contributed by atoms with Crippen molar-refractivity contribution in [2.24, 2.45) is 11.3 Å².